The Hall–Kier alpha value is -0.340. The van der Waals surface area contributed by atoms with Gasteiger partial charge in [0.25, 0.3) is 0 Å². The Balaban J connectivity index is 2.25. The molecule has 0 aromatic carbocycles. The summed E-state index contributed by atoms with van der Waals surface area (Å²) in [6.07, 6.45) is 5.19. The zero-order valence-corrected chi connectivity index (χ0v) is 6.79. The van der Waals surface area contributed by atoms with Gasteiger partial charge in [0.05, 0.1) is 5.92 Å². The van der Waals surface area contributed by atoms with Crippen LogP contribution in [0.5, 0.6) is 0 Å². The molecule has 0 amide bonds. The molecular weight excluding hydrogens is 162 g/mol. The molecular formula is C8H10ClNO. The van der Waals surface area contributed by atoms with E-state index in [1.54, 1.807) is 0 Å². The summed E-state index contributed by atoms with van der Waals surface area (Å²) in [5.41, 5.74) is 5.81. The van der Waals surface area contributed by atoms with Crippen molar-refractivity contribution in [3.8, 4) is 0 Å². The molecule has 2 rings (SSSR count). The van der Waals surface area contributed by atoms with Crippen LogP contribution in [-0.4, -0.2) is 11.3 Å². The molecule has 0 aromatic rings. The highest BCUT2D eigenvalue weighted by Crippen LogP contribution is 2.43. The first-order valence-electron chi connectivity index (χ1n) is 3.83. The van der Waals surface area contributed by atoms with Gasteiger partial charge < -0.3 is 5.73 Å². The molecule has 4 atom stereocenters. The van der Waals surface area contributed by atoms with Crippen molar-refractivity contribution in [1.82, 2.24) is 0 Å². The molecule has 0 aromatic heterocycles. The SMILES string of the molecule is N[C@H]1[C@@H](C(=O)Cl)[C@@H]2C=C[C@H]1C2. The van der Waals surface area contributed by atoms with Crippen LogP contribution in [0.15, 0.2) is 12.2 Å². The summed E-state index contributed by atoms with van der Waals surface area (Å²) in [6.45, 7) is 0. The number of allylic oxidation sites excluding steroid dienone is 1. The van der Waals surface area contributed by atoms with Crippen LogP contribution in [0.4, 0.5) is 0 Å². The zero-order valence-electron chi connectivity index (χ0n) is 6.03. The Morgan fingerprint density at radius 1 is 1.45 bits per heavy atom. The first-order chi connectivity index (χ1) is 5.20. The second kappa shape index (κ2) is 2.32. The largest absolute Gasteiger partial charge is 0.326 e. The molecule has 1 saturated carbocycles. The van der Waals surface area contributed by atoms with E-state index in [0.717, 1.165) is 6.42 Å². The average Bonchev–Trinajstić information content (AvgIpc) is 2.44. The van der Waals surface area contributed by atoms with E-state index in [4.69, 9.17) is 17.3 Å². The number of carbonyl (C=O) groups is 1. The summed E-state index contributed by atoms with van der Waals surface area (Å²) in [5, 5.41) is -0.269. The lowest BCUT2D eigenvalue weighted by atomic mass is 9.91. The van der Waals surface area contributed by atoms with E-state index in [9.17, 15) is 4.79 Å². The van der Waals surface area contributed by atoms with Gasteiger partial charge in [0.2, 0.25) is 5.24 Å². The number of carbonyl (C=O) groups excluding carboxylic acids is 1. The van der Waals surface area contributed by atoms with Gasteiger partial charge in [-0.1, -0.05) is 12.2 Å². The van der Waals surface area contributed by atoms with Crippen LogP contribution in [-0.2, 0) is 4.79 Å². The molecule has 2 nitrogen and oxygen atoms in total. The monoisotopic (exact) mass is 171 g/mol. The molecule has 11 heavy (non-hydrogen) atoms. The van der Waals surface area contributed by atoms with Crippen molar-refractivity contribution in [2.24, 2.45) is 23.5 Å². The van der Waals surface area contributed by atoms with Crippen LogP contribution < -0.4 is 5.73 Å². The minimum absolute atomic E-state index is 0.0324. The fourth-order valence-corrected chi connectivity index (χ4v) is 2.49. The minimum atomic E-state index is -0.269. The summed E-state index contributed by atoms with van der Waals surface area (Å²) >= 11 is 5.42. The molecule has 2 bridgehead atoms. The second-order valence-electron chi connectivity index (χ2n) is 3.36. The first kappa shape index (κ1) is 7.32. The summed E-state index contributed by atoms with van der Waals surface area (Å²) < 4.78 is 0. The molecule has 0 unspecified atom stereocenters. The predicted octanol–water partition coefficient (Wildman–Crippen LogP) is 0.901. The van der Waals surface area contributed by atoms with Crippen LogP contribution in [0, 0.1) is 17.8 Å². The number of halogens is 1. The van der Waals surface area contributed by atoms with Gasteiger partial charge >= 0.3 is 0 Å². The fraction of sp³-hybridized carbons (Fsp3) is 0.625. The van der Waals surface area contributed by atoms with Crippen molar-refractivity contribution >= 4 is 16.8 Å². The van der Waals surface area contributed by atoms with E-state index >= 15 is 0 Å². The predicted molar refractivity (Wildman–Crippen MR) is 43.1 cm³/mol. The molecule has 2 aliphatic rings. The zero-order chi connectivity index (χ0) is 8.01. The molecule has 60 valence electrons. The Morgan fingerprint density at radius 2 is 2.09 bits per heavy atom. The number of rotatable bonds is 1. The quantitative estimate of drug-likeness (QED) is 0.471. The number of hydrogen-bond donors (Lipinski definition) is 1. The van der Waals surface area contributed by atoms with Crippen molar-refractivity contribution in [3.63, 3.8) is 0 Å². The van der Waals surface area contributed by atoms with Crippen LogP contribution in [0.3, 0.4) is 0 Å². The third-order valence-corrected chi connectivity index (χ3v) is 3.03. The van der Waals surface area contributed by atoms with Crippen molar-refractivity contribution in [2.75, 3.05) is 0 Å². The summed E-state index contributed by atoms with van der Waals surface area (Å²) in [7, 11) is 0. The summed E-state index contributed by atoms with van der Waals surface area (Å²) in [6, 6.07) is -0.0324. The minimum Gasteiger partial charge on any atom is -0.326 e. The van der Waals surface area contributed by atoms with Gasteiger partial charge in [0.1, 0.15) is 0 Å². The van der Waals surface area contributed by atoms with E-state index in [0.29, 0.717) is 11.8 Å². The highest BCUT2D eigenvalue weighted by molar-refractivity contribution is 6.64. The van der Waals surface area contributed by atoms with E-state index in [2.05, 4.69) is 12.2 Å². The molecule has 0 spiro atoms. The van der Waals surface area contributed by atoms with Crippen molar-refractivity contribution in [3.05, 3.63) is 12.2 Å². The van der Waals surface area contributed by atoms with Crippen molar-refractivity contribution in [2.45, 2.75) is 12.5 Å². The van der Waals surface area contributed by atoms with Crippen molar-refractivity contribution in [1.29, 1.82) is 0 Å². The molecule has 2 N–H and O–H groups in total. The second-order valence-corrected chi connectivity index (χ2v) is 3.73. The summed E-state index contributed by atoms with van der Waals surface area (Å²) in [4.78, 5) is 10.9. The maximum Gasteiger partial charge on any atom is 0.226 e. The van der Waals surface area contributed by atoms with Gasteiger partial charge in [-0.05, 0) is 29.9 Å². The van der Waals surface area contributed by atoms with Gasteiger partial charge in [-0.25, -0.2) is 0 Å². The molecule has 0 aliphatic heterocycles. The third kappa shape index (κ3) is 0.932. The highest BCUT2D eigenvalue weighted by Gasteiger charge is 2.45. The summed E-state index contributed by atoms with van der Waals surface area (Å²) in [5.74, 6) is 0.597. The van der Waals surface area contributed by atoms with Gasteiger partial charge in [-0.15, -0.1) is 0 Å². The lowest BCUT2D eigenvalue weighted by Crippen LogP contribution is -2.36. The maximum absolute atomic E-state index is 10.9. The topological polar surface area (TPSA) is 43.1 Å². The molecule has 0 heterocycles. The van der Waals surface area contributed by atoms with Crippen LogP contribution in [0.2, 0.25) is 0 Å². The molecule has 0 saturated heterocycles. The van der Waals surface area contributed by atoms with Gasteiger partial charge in [0.15, 0.2) is 0 Å². The first-order valence-corrected chi connectivity index (χ1v) is 4.21. The Kier molecular flexibility index (Phi) is 1.55. The van der Waals surface area contributed by atoms with Crippen LogP contribution in [0.25, 0.3) is 0 Å². The standard InChI is InChI=1S/C8H10ClNO/c9-8(11)6-4-1-2-5(3-4)7(6)10/h1-2,4-7H,3,10H2/t4-,5+,6+,7-/m1/s1. The Bertz CT molecular complexity index is 226. The molecule has 3 heteroatoms. The molecule has 0 radical (unpaired) electrons. The highest BCUT2D eigenvalue weighted by atomic mass is 35.5. The smallest absolute Gasteiger partial charge is 0.226 e. The lowest BCUT2D eigenvalue weighted by Gasteiger charge is -2.20. The van der Waals surface area contributed by atoms with E-state index in [1.807, 2.05) is 0 Å². The van der Waals surface area contributed by atoms with E-state index in [-0.39, 0.29) is 17.2 Å². The maximum atomic E-state index is 10.9. The fourth-order valence-electron chi connectivity index (χ4n) is 2.18. The van der Waals surface area contributed by atoms with Crippen LogP contribution >= 0.6 is 11.6 Å². The van der Waals surface area contributed by atoms with Gasteiger partial charge in [-0.3, -0.25) is 4.79 Å². The number of nitrogens with two attached hydrogens (primary N) is 1. The number of hydrogen-bond acceptors (Lipinski definition) is 2. The van der Waals surface area contributed by atoms with E-state index in [1.165, 1.54) is 0 Å². The van der Waals surface area contributed by atoms with Gasteiger partial charge in [-0.2, -0.15) is 0 Å². The van der Waals surface area contributed by atoms with Gasteiger partial charge in [0, 0.05) is 6.04 Å². The molecule has 1 fully saturated rings. The Labute approximate surface area is 70.4 Å². The average molecular weight is 172 g/mol. The molecule has 2 aliphatic carbocycles. The normalized spacial score (nSPS) is 46.7. The van der Waals surface area contributed by atoms with Crippen LogP contribution in [0.1, 0.15) is 6.42 Å². The number of fused-ring (bicyclic) bond motifs is 2. The Morgan fingerprint density at radius 3 is 2.45 bits per heavy atom. The lowest BCUT2D eigenvalue weighted by molar-refractivity contribution is -0.116. The van der Waals surface area contributed by atoms with E-state index < -0.39 is 0 Å². The third-order valence-electron chi connectivity index (χ3n) is 2.78. The van der Waals surface area contributed by atoms with Crippen molar-refractivity contribution < 1.29 is 4.79 Å².